The van der Waals surface area contributed by atoms with Crippen LogP contribution in [0, 0.1) is 0 Å². The van der Waals surface area contributed by atoms with Crippen molar-refractivity contribution < 1.29 is 13.2 Å². The molecule has 0 saturated carbocycles. The number of hydrogen-bond donors (Lipinski definition) is 1. The van der Waals surface area contributed by atoms with Gasteiger partial charge in [0.05, 0.1) is 11.9 Å². The minimum atomic E-state index is -3.10. The lowest BCUT2D eigenvalue weighted by Crippen LogP contribution is -2.40. The first-order valence-electron chi connectivity index (χ1n) is 5.67. The summed E-state index contributed by atoms with van der Waals surface area (Å²) >= 11 is 0. The molecule has 0 radical (unpaired) electrons. The molecule has 0 amide bonds. The van der Waals surface area contributed by atoms with E-state index in [1.807, 2.05) is 6.92 Å². The van der Waals surface area contributed by atoms with E-state index < -0.39 is 10.0 Å². The molecule has 1 saturated heterocycles. The molecule has 0 spiro atoms. The van der Waals surface area contributed by atoms with Gasteiger partial charge in [0.25, 0.3) is 0 Å². The normalized spacial score (nSPS) is 27.1. The number of nitrogens with one attached hydrogen (secondary N) is 1. The van der Waals surface area contributed by atoms with Crippen molar-refractivity contribution in [3.8, 4) is 0 Å². The number of hydrogen-bond acceptors (Lipinski definition) is 3. The molecule has 0 aromatic heterocycles. The predicted molar refractivity (Wildman–Crippen MR) is 60.3 cm³/mol. The van der Waals surface area contributed by atoms with Crippen molar-refractivity contribution in [3.05, 3.63) is 0 Å². The smallest absolute Gasteiger partial charge is 0.211 e. The maximum atomic E-state index is 11.6. The molecule has 2 unspecified atom stereocenters. The molecule has 4 nitrogen and oxygen atoms in total. The number of rotatable bonds is 6. The summed E-state index contributed by atoms with van der Waals surface area (Å²) in [6.45, 7) is 4.63. The zero-order chi connectivity index (χ0) is 11.3. The van der Waals surface area contributed by atoms with E-state index in [0.717, 1.165) is 25.7 Å². The topological polar surface area (TPSA) is 55.4 Å². The van der Waals surface area contributed by atoms with Gasteiger partial charge in [-0.05, 0) is 19.8 Å². The Morgan fingerprint density at radius 1 is 1.40 bits per heavy atom. The first kappa shape index (κ1) is 12.9. The quantitative estimate of drug-likeness (QED) is 0.705. The summed E-state index contributed by atoms with van der Waals surface area (Å²) in [6.07, 6.45) is 3.55. The maximum Gasteiger partial charge on any atom is 0.211 e. The molecule has 1 fully saturated rings. The lowest BCUT2D eigenvalue weighted by atomic mass is 10.2. The molecule has 0 aromatic rings. The largest absolute Gasteiger partial charge is 0.377 e. The van der Waals surface area contributed by atoms with Crippen LogP contribution in [0.5, 0.6) is 0 Å². The first-order valence-corrected chi connectivity index (χ1v) is 7.32. The Kier molecular flexibility index (Phi) is 5.02. The predicted octanol–water partition coefficient (Wildman–Crippen LogP) is 1.27. The Bertz CT molecular complexity index is 276. The van der Waals surface area contributed by atoms with Crippen molar-refractivity contribution in [2.75, 3.05) is 12.4 Å². The Morgan fingerprint density at radius 2 is 2.13 bits per heavy atom. The van der Waals surface area contributed by atoms with E-state index in [4.69, 9.17) is 4.74 Å². The van der Waals surface area contributed by atoms with Crippen LogP contribution < -0.4 is 4.72 Å². The van der Waals surface area contributed by atoms with Crippen molar-refractivity contribution in [2.24, 2.45) is 0 Å². The summed E-state index contributed by atoms with van der Waals surface area (Å²) in [4.78, 5) is 0. The first-order chi connectivity index (χ1) is 7.05. The fourth-order valence-electron chi connectivity index (χ4n) is 1.72. The van der Waals surface area contributed by atoms with Gasteiger partial charge in [-0.15, -0.1) is 0 Å². The number of unbranched alkanes of at least 4 members (excludes halogenated alkanes) is 2. The number of sulfonamides is 1. The van der Waals surface area contributed by atoms with E-state index in [0.29, 0.717) is 6.61 Å². The zero-order valence-electron chi connectivity index (χ0n) is 9.53. The summed E-state index contributed by atoms with van der Waals surface area (Å²) in [5.74, 6) is 0.240. The molecule has 0 aliphatic carbocycles. The van der Waals surface area contributed by atoms with Gasteiger partial charge in [-0.3, -0.25) is 0 Å². The van der Waals surface area contributed by atoms with Gasteiger partial charge in [0.15, 0.2) is 0 Å². The molecule has 1 aliphatic heterocycles. The molecule has 1 rings (SSSR count). The standard InChI is InChI=1S/C10H21NO3S/c1-3-4-5-8-15(12,13)11-10-6-7-14-9(10)2/h9-11H,3-8H2,1-2H3. The van der Waals surface area contributed by atoms with Gasteiger partial charge in [-0.1, -0.05) is 19.8 Å². The monoisotopic (exact) mass is 235 g/mol. The fourth-order valence-corrected chi connectivity index (χ4v) is 3.19. The highest BCUT2D eigenvalue weighted by molar-refractivity contribution is 7.89. The van der Waals surface area contributed by atoms with E-state index in [-0.39, 0.29) is 17.9 Å². The van der Waals surface area contributed by atoms with Crippen LogP contribution in [0.25, 0.3) is 0 Å². The lowest BCUT2D eigenvalue weighted by Gasteiger charge is -2.15. The fraction of sp³-hybridized carbons (Fsp3) is 1.00. The molecule has 1 aliphatic rings. The van der Waals surface area contributed by atoms with E-state index >= 15 is 0 Å². The average Bonchev–Trinajstić information content (AvgIpc) is 2.51. The Labute approximate surface area is 92.4 Å². The van der Waals surface area contributed by atoms with E-state index in [1.165, 1.54) is 0 Å². The van der Waals surface area contributed by atoms with Crippen molar-refractivity contribution >= 4 is 10.0 Å². The van der Waals surface area contributed by atoms with Gasteiger partial charge in [-0.2, -0.15) is 0 Å². The number of ether oxygens (including phenoxy) is 1. The van der Waals surface area contributed by atoms with Gasteiger partial charge in [0, 0.05) is 12.6 Å². The summed E-state index contributed by atoms with van der Waals surface area (Å²) in [5, 5.41) is 0. The molecule has 90 valence electrons. The van der Waals surface area contributed by atoms with Crippen LogP contribution in [-0.2, 0) is 14.8 Å². The van der Waals surface area contributed by atoms with Gasteiger partial charge in [0.1, 0.15) is 0 Å². The van der Waals surface area contributed by atoms with Crippen molar-refractivity contribution in [1.29, 1.82) is 0 Å². The van der Waals surface area contributed by atoms with Crippen LogP contribution in [0.15, 0.2) is 0 Å². The van der Waals surface area contributed by atoms with Gasteiger partial charge >= 0.3 is 0 Å². The van der Waals surface area contributed by atoms with E-state index in [2.05, 4.69) is 11.6 Å². The molecule has 1 heterocycles. The maximum absolute atomic E-state index is 11.6. The van der Waals surface area contributed by atoms with Crippen molar-refractivity contribution in [1.82, 2.24) is 4.72 Å². The van der Waals surface area contributed by atoms with Crippen molar-refractivity contribution in [3.63, 3.8) is 0 Å². The van der Waals surface area contributed by atoms with Crippen LogP contribution in [0.3, 0.4) is 0 Å². The van der Waals surface area contributed by atoms with Crippen LogP contribution >= 0.6 is 0 Å². The zero-order valence-corrected chi connectivity index (χ0v) is 10.3. The van der Waals surface area contributed by atoms with Crippen LogP contribution in [-0.4, -0.2) is 32.9 Å². The molecule has 15 heavy (non-hydrogen) atoms. The van der Waals surface area contributed by atoms with Crippen LogP contribution in [0.4, 0.5) is 0 Å². The lowest BCUT2D eigenvalue weighted by molar-refractivity contribution is 0.117. The molecule has 2 atom stereocenters. The highest BCUT2D eigenvalue weighted by Gasteiger charge is 2.27. The van der Waals surface area contributed by atoms with Crippen molar-refractivity contribution in [2.45, 2.75) is 51.7 Å². The molecule has 0 aromatic carbocycles. The molecule has 5 heteroatoms. The second kappa shape index (κ2) is 5.82. The third kappa shape index (κ3) is 4.49. The summed E-state index contributed by atoms with van der Waals surface area (Å²) in [7, 11) is -3.10. The highest BCUT2D eigenvalue weighted by Crippen LogP contribution is 2.13. The minimum absolute atomic E-state index is 0.00551. The summed E-state index contributed by atoms with van der Waals surface area (Å²) in [5.41, 5.74) is 0. The van der Waals surface area contributed by atoms with E-state index in [1.54, 1.807) is 0 Å². The second-order valence-electron chi connectivity index (χ2n) is 4.11. The van der Waals surface area contributed by atoms with Gasteiger partial charge in [0.2, 0.25) is 10.0 Å². The third-order valence-electron chi connectivity index (χ3n) is 2.72. The highest BCUT2D eigenvalue weighted by atomic mass is 32.2. The molecular weight excluding hydrogens is 214 g/mol. The second-order valence-corrected chi connectivity index (χ2v) is 5.99. The minimum Gasteiger partial charge on any atom is -0.377 e. The Morgan fingerprint density at radius 3 is 2.67 bits per heavy atom. The molecule has 1 N–H and O–H groups in total. The van der Waals surface area contributed by atoms with Gasteiger partial charge < -0.3 is 4.74 Å². The summed E-state index contributed by atoms with van der Waals surface area (Å²) < 4.78 is 31.3. The molecular formula is C10H21NO3S. The molecule has 0 bridgehead atoms. The Hall–Kier alpha value is -0.130. The van der Waals surface area contributed by atoms with Crippen LogP contribution in [0.1, 0.15) is 39.5 Å². The summed E-state index contributed by atoms with van der Waals surface area (Å²) in [6, 6.07) is -0.0309. The third-order valence-corrected chi connectivity index (χ3v) is 4.21. The van der Waals surface area contributed by atoms with Crippen LogP contribution in [0.2, 0.25) is 0 Å². The van der Waals surface area contributed by atoms with Gasteiger partial charge in [-0.25, -0.2) is 13.1 Å². The Balaban J connectivity index is 2.35. The average molecular weight is 235 g/mol. The van der Waals surface area contributed by atoms with E-state index in [9.17, 15) is 8.42 Å². The SMILES string of the molecule is CCCCCS(=O)(=O)NC1CCOC1C.